The van der Waals surface area contributed by atoms with Crippen LogP contribution in [0, 0.1) is 5.82 Å². The Hall–Kier alpha value is -2.73. The maximum Gasteiger partial charge on any atom is 0.252 e. The van der Waals surface area contributed by atoms with Gasteiger partial charge < -0.3 is 19.8 Å². The van der Waals surface area contributed by atoms with Crippen molar-refractivity contribution in [1.82, 2.24) is 4.90 Å². The van der Waals surface area contributed by atoms with Gasteiger partial charge in [0.15, 0.2) is 0 Å². The van der Waals surface area contributed by atoms with Crippen molar-refractivity contribution in [2.75, 3.05) is 17.5 Å². The average molecular weight is 666 g/mol. The van der Waals surface area contributed by atoms with Crippen LogP contribution in [0.5, 0.6) is 0 Å². The lowest BCUT2D eigenvalue weighted by Gasteiger charge is -2.49. The van der Waals surface area contributed by atoms with Crippen LogP contribution < -0.4 is 4.31 Å². The molecular weight excluding hydrogens is 630 g/mol. The van der Waals surface area contributed by atoms with E-state index in [1.165, 1.54) is 18.2 Å². The normalized spacial score (nSPS) is 22.1. The molecule has 1 saturated carbocycles. The molecule has 2 N–H and O–H groups in total. The predicted octanol–water partition coefficient (Wildman–Crippen LogP) is 5.66. The largest absolute Gasteiger partial charge is 0.394 e. The highest BCUT2D eigenvalue weighted by Gasteiger charge is 2.49. The van der Waals surface area contributed by atoms with Gasteiger partial charge in [-0.3, -0.25) is 9.10 Å². The first kappa shape index (κ1) is 32.7. The van der Waals surface area contributed by atoms with Crippen molar-refractivity contribution in [3.8, 4) is 0 Å². The number of rotatable bonds is 12. The zero-order chi connectivity index (χ0) is 31.6. The maximum atomic E-state index is 15.2. The van der Waals surface area contributed by atoms with Gasteiger partial charge in [-0.25, -0.2) is 12.8 Å². The van der Waals surface area contributed by atoms with Crippen LogP contribution >= 0.6 is 23.2 Å². The number of morpholine rings is 1. The number of benzene rings is 3. The van der Waals surface area contributed by atoms with E-state index in [2.05, 4.69) is 0 Å². The summed E-state index contributed by atoms with van der Waals surface area (Å²) in [5, 5.41) is 20.3. The lowest BCUT2D eigenvalue weighted by Crippen LogP contribution is -2.58. The van der Waals surface area contributed by atoms with Gasteiger partial charge in [-0.05, 0) is 66.8 Å². The molecule has 0 radical (unpaired) electrons. The number of para-hydroxylation sites is 1. The van der Waals surface area contributed by atoms with Gasteiger partial charge in [0.2, 0.25) is 10.0 Å². The molecule has 2 fully saturated rings. The van der Waals surface area contributed by atoms with E-state index in [-0.39, 0.29) is 18.7 Å². The topological polar surface area (TPSA) is 107 Å². The molecule has 12 heteroatoms. The minimum Gasteiger partial charge on any atom is -0.394 e. The SMILES string of the molecule is CC[C@H](CN(c1ccccc1F)S(=O)(=O)C1CC1)N1C(=O)[C@H](C[C@@H](O)CO)O[C@H](c2cccc(Cl)c2)[C@H]1c1ccc(Cl)cc1. The Morgan fingerprint density at radius 2 is 1.73 bits per heavy atom. The van der Waals surface area contributed by atoms with Crippen molar-refractivity contribution in [3.05, 3.63) is 99.8 Å². The van der Waals surface area contributed by atoms with Crippen molar-refractivity contribution in [3.63, 3.8) is 0 Å². The highest BCUT2D eigenvalue weighted by atomic mass is 35.5. The molecule has 8 nitrogen and oxygen atoms in total. The van der Waals surface area contributed by atoms with Gasteiger partial charge in [-0.15, -0.1) is 0 Å². The highest BCUT2D eigenvalue weighted by Crippen LogP contribution is 2.45. The number of ether oxygens (including phenoxy) is 1. The Bertz CT molecular complexity index is 1570. The molecule has 2 aliphatic rings. The molecule has 5 rings (SSSR count). The van der Waals surface area contributed by atoms with Gasteiger partial charge in [0.05, 0.1) is 42.3 Å². The second-order valence-corrected chi connectivity index (χ2v) is 14.2. The van der Waals surface area contributed by atoms with Gasteiger partial charge in [-0.2, -0.15) is 0 Å². The Labute approximate surface area is 267 Å². The number of hydrogen-bond donors (Lipinski definition) is 2. The molecule has 1 heterocycles. The van der Waals surface area contributed by atoms with Crippen LogP contribution in [0.15, 0.2) is 72.8 Å². The summed E-state index contributed by atoms with van der Waals surface area (Å²) in [7, 11) is -3.94. The molecular formula is C32H35Cl2FN2O6S. The van der Waals surface area contributed by atoms with E-state index in [0.29, 0.717) is 40.4 Å². The Morgan fingerprint density at radius 1 is 1.02 bits per heavy atom. The standard InChI is InChI=1S/C32H35Cl2FN2O6S/c1-2-24(18-36(44(41,42)26-14-15-26)28-9-4-3-8-27(28)35)37-30(20-10-12-22(33)13-11-20)31(21-6-5-7-23(34)16-21)43-29(32(37)40)17-25(39)19-38/h3-13,16,24-26,29-31,38-39H,2,14-15,17-19H2,1H3/t24-,25-,29+,30-,31-/m1/s1. The number of aliphatic hydroxyl groups excluding tert-OH is 2. The number of sulfonamides is 1. The first-order chi connectivity index (χ1) is 21.0. The zero-order valence-electron chi connectivity index (χ0n) is 24.1. The van der Waals surface area contributed by atoms with E-state index in [9.17, 15) is 23.4 Å². The van der Waals surface area contributed by atoms with Gasteiger partial charge in [-0.1, -0.05) is 66.5 Å². The third-order valence-corrected chi connectivity index (χ3v) is 10.9. The molecule has 0 spiro atoms. The number of carbonyl (C=O) groups excluding carboxylic acids is 1. The average Bonchev–Trinajstić information content (AvgIpc) is 3.86. The second-order valence-electron chi connectivity index (χ2n) is 11.2. The van der Waals surface area contributed by atoms with Gasteiger partial charge in [0.25, 0.3) is 5.91 Å². The van der Waals surface area contributed by atoms with E-state index in [4.69, 9.17) is 27.9 Å². The van der Waals surface area contributed by atoms with Crippen molar-refractivity contribution in [2.45, 2.75) is 68.3 Å². The summed E-state index contributed by atoms with van der Waals surface area (Å²) in [6, 6.07) is 18.2. The monoisotopic (exact) mass is 664 g/mol. The smallest absolute Gasteiger partial charge is 0.252 e. The number of halogens is 3. The Kier molecular flexibility index (Phi) is 10.2. The Balaban J connectivity index is 1.65. The summed E-state index contributed by atoms with van der Waals surface area (Å²) in [6.45, 7) is 1.05. The quantitative estimate of drug-likeness (QED) is 0.259. The van der Waals surface area contributed by atoms with Gasteiger partial charge in [0, 0.05) is 16.5 Å². The lowest BCUT2D eigenvalue weighted by molar-refractivity contribution is -0.183. The van der Waals surface area contributed by atoms with E-state index in [0.717, 1.165) is 4.31 Å². The highest BCUT2D eigenvalue weighted by molar-refractivity contribution is 7.93. The van der Waals surface area contributed by atoms with E-state index in [1.54, 1.807) is 53.4 Å². The van der Waals surface area contributed by atoms with Crippen LogP contribution in [0.1, 0.15) is 55.9 Å². The molecule has 3 aromatic rings. The number of hydrogen-bond acceptors (Lipinski definition) is 6. The second kappa shape index (κ2) is 13.7. The summed E-state index contributed by atoms with van der Waals surface area (Å²) in [5.41, 5.74) is 1.25. The van der Waals surface area contributed by atoms with E-state index < -0.39 is 64.0 Å². The molecule has 0 bridgehead atoms. The minimum absolute atomic E-state index is 0.0831. The summed E-state index contributed by atoms with van der Waals surface area (Å²) in [5.74, 6) is -1.17. The van der Waals surface area contributed by atoms with Crippen LogP contribution in [0.3, 0.4) is 0 Å². The summed E-state index contributed by atoms with van der Waals surface area (Å²) < 4.78 is 50.2. The van der Waals surface area contributed by atoms with Crippen molar-refractivity contribution in [2.24, 2.45) is 0 Å². The van der Waals surface area contributed by atoms with E-state index in [1.807, 2.05) is 13.0 Å². The third-order valence-electron chi connectivity index (χ3n) is 8.13. The fourth-order valence-corrected chi connectivity index (χ4v) is 7.95. The number of anilines is 1. The minimum atomic E-state index is -3.94. The zero-order valence-corrected chi connectivity index (χ0v) is 26.4. The molecule has 1 aliphatic heterocycles. The molecule has 0 unspecified atom stereocenters. The fraction of sp³-hybridized carbons (Fsp3) is 0.406. The molecule has 1 saturated heterocycles. The predicted molar refractivity (Wildman–Crippen MR) is 168 cm³/mol. The van der Waals surface area contributed by atoms with Crippen molar-refractivity contribution >= 4 is 44.8 Å². The first-order valence-electron chi connectivity index (χ1n) is 14.6. The third kappa shape index (κ3) is 6.90. The number of carbonyl (C=O) groups is 1. The molecule has 1 aliphatic carbocycles. The molecule has 236 valence electrons. The number of amides is 1. The number of aliphatic hydroxyl groups is 2. The maximum absolute atomic E-state index is 15.2. The Morgan fingerprint density at radius 3 is 2.34 bits per heavy atom. The number of nitrogens with zero attached hydrogens (tertiary/aromatic N) is 2. The van der Waals surface area contributed by atoms with Crippen LogP contribution in [0.25, 0.3) is 0 Å². The molecule has 1 amide bonds. The van der Waals surface area contributed by atoms with Crippen LogP contribution in [-0.2, 0) is 19.6 Å². The summed E-state index contributed by atoms with van der Waals surface area (Å²) in [4.78, 5) is 16.0. The van der Waals surface area contributed by atoms with Crippen molar-refractivity contribution < 1.29 is 32.6 Å². The fourth-order valence-electron chi connectivity index (χ4n) is 5.73. The molecule has 3 aromatic carbocycles. The van der Waals surface area contributed by atoms with Crippen LogP contribution in [0.2, 0.25) is 10.0 Å². The van der Waals surface area contributed by atoms with Crippen LogP contribution in [-0.4, -0.2) is 66.1 Å². The van der Waals surface area contributed by atoms with Crippen LogP contribution in [0.4, 0.5) is 10.1 Å². The molecule has 0 aromatic heterocycles. The van der Waals surface area contributed by atoms with E-state index >= 15 is 4.39 Å². The summed E-state index contributed by atoms with van der Waals surface area (Å²) >= 11 is 12.6. The molecule has 5 atom stereocenters. The van der Waals surface area contributed by atoms with Crippen molar-refractivity contribution in [1.29, 1.82) is 0 Å². The molecule has 44 heavy (non-hydrogen) atoms. The van der Waals surface area contributed by atoms with Gasteiger partial charge >= 0.3 is 0 Å². The lowest BCUT2D eigenvalue weighted by atomic mass is 9.89. The summed E-state index contributed by atoms with van der Waals surface area (Å²) in [6.07, 6.45) is -2.11. The van der Waals surface area contributed by atoms with Gasteiger partial charge in [0.1, 0.15) is 18.0 Å². The first-order valence-corrected chi connectivity index (χ1v) is 16.8.